The quantitative estimate of drug-likeness (QED) is 0.860. The van der Waals surface area contributed by atoms with Crippen LogP contribution < -0.4 is 10.2 Å². The number of benzene rings is 2. The van der Waals surface area contributed by atoms with Gasteiger partial charge in [-0.05, 0) is 24.3 Å². The van der Waals surface area contributed by atoms with Crippen molar-refractivity contribution in [3.05, 3.63) is 54.6 Å². The summed E-state index contributed by atoms with van der Waals surface area (Å²) in [6.07, 6.45) is 0.333. The van der Waals surface area contributed by atoms with Gasteiger partial charge in [-0.25, -0.2) is 5.32 Å². The Morgan fingerprint density at radius 2 is 1.62 bits per heavy atom. The molecule has 2 rings (SSSR count). The Morgan fingerprint density at radius 3 is 2.24 bits per heavy atom. The number of amides is 2. The number of hydrogen-bond acceptors (Lipinski definition) is 2. The lowest BCUT2D eigenvalue weighted by Gasteiger charge is -2.23. The highest BCUT2D eigenvalue weighted by Crippen LogP contribution is 2.32. The second-order valence-electron chi connectivity index (χ2n) is 4.54. The fourth-order valence-electron chi connectivity index (χ4n) is 2.03. The van der Waals surface area contributed by atoms with Crippen LogP contribution in [0.5, 0.6) is 0 Å². The minimum Gasteiger partial charge on any atom is -0.279 e. The lowest BCUT2D eigenvalue weighted by molar-refractivity contribution is -0.120. The van der Waals surface area contributed by atoms with Crippen molar-refractivity contribution in [2.45, 2.75) is 20.3 Å². The molecule has 0 aliphatic rings. The third-order valence-corrected chi connectivity index (χ3v) is 3.00. The molecule has 1 radical (unpaired) electrons. The lowest BCUT2D eigenvalue weighted by Crippen LogP contribution is -2.24. The summed E-state index contributed by atoms with van der Waals surface area (Å²) in [5.41, 5.74) is 1.86. The highest BCUT2D eigenvalue weighted by Gasteiger charge is 2.18. The highest BCUT2D eigenvalue weighted by atomic mass is 16.2. The van der Waals surface area contributed by atoms with E-state index in [9.17, 15) is 9.59 Å². The third-order valence-electron chi connectivity index (χ3n) is 3.00. The Kier molecular flexibility index (Phi) is 4.72. The standard InChI is InChI=1S/C17H17N2O2/c1-3-17(21)18-15-11-7-8-12-16(15)19(13(2)20)14-9-5-4-6-10-14/h4-12H,3H2,1-2H3. The molecule has 0 bridgehead atoms. The first-order valence-electron chi connectivity index (χ1n) is 6.82. The van der Waals surface area contributed by atoms with Gasteiger partial charge in [0.2, 0.25) is 11.8 Å². The maximum absolute atomic E-state index is 12.1. The number of para-hydroxylation sites is 3. The summed E-state index contributed by atoms with van der Waals surface area (Å²) in [5, 5.41) is 4.07. The van der Waals surface area contributed by atoms with Crippen molar-refractivity contribution < 1.29 is 9.59 Å². The number of rotatable bonds is 4. The molecule has 0 atom stereocenters. The Hall–Kier alpha value is -2.62. The van der Waals surface area contributed by atoms with Crippen LogP contribution in [0.25, 0.3) is 0 Å². The van der Waals surface area contributed by atoms with E-state index in [0.717, 1.165) is 5.69 Å². The first-order chi connectivity index (χ1) is 10.1. The number of carbonyl (C=O) groups excluding carboxylic acids is 2. The van der Waals surface area contributed by atoms with Crippen LogP contribution in [-0.4, -0.2) is 11.8 Å². The predicted molar refractivity (Wildman–Crippen MR) is 82.8 cm³/mol. The molecule has 4 heteroatoms. The molecular weight excluding hydrogens is 264 g/mol. The lowest BCUT2D eigenvalue weighted by atomic mass is 10.2. The van der Waals surface area contributed by atoms with Gasteiger partial charge < -0.3 is 0 Å². The molecule has 2 amide bonds. The molecule has 0 N–H and O–H groups in total. The van der Waals surface area contributed by atoms with E-state index in [0.29, 0.717) is 17.8 Å². The van der Waals surface area contributed by atoms with Crippen LogP contribution in [-0.2, 0) is 9.59 Å². The zero-order chi connectivity index (χ0) is 15.2. The average molecular weight is 281 g/mol. The van der Waals surface area contributed by atoms with Crippen molar-refractivity contribution in [2.24, 2.45) is 0 Å². The summed E-state index contributed by atoms with van der Waals surface area (Å²) in [6, 6.07) is 16.5. The van der Waals surface area contributed by atoms with Crippen molar-refractivity contribution in [1.82, 2.24) is 5.32 Å². The van der Waals surface area contributed by atoms with E-state index in [1.165, 1.54) is 6.92 Å². The molecule has 4 nitrogen and oxygen atoms in total. The second-order valence-corrected chi connectivity index (χ2v) is 4.54. The summed E-state index contributed by atoms with van der Waals surface area (Å²) in [4.78, 5) is 25.2. The van der Waals surface area contributed by atoms with Gasteiger partial charge in [0, 0.05) is 19.0 Å². The summed E-state index contributed by atoms with van der Waals surface area (Å²) >= 11 is 0. The van der Waals surface area contributed by atoms with E-state index >= 15 is 0 Å². The predicted octanol–water partition coefficient (Wildman–Crippen LogP) is 3.54. The van der Waals surface area contributed by atoms with Crippen LogP contribution in [0.3, 0.4) is 0 Å². The summed E-state index contributed by atoms with van der Waals surface area (Å²) in [7, 11) is 0. The zero-order valence-corrected chi connectivity index (χ0v) is 12.1. The van der Waals surface area contributed by atoms with Crippen LogP contribution in [0, 0.1) is 0 Å². The Bertz CT molecular complexity index is 638. The number of nitrogens with zero attached hydrogens (tertiary/aromatic N) is 2. The fraction of sp³-hybridized carbons (Fsp3) is 0.176. The molecule has 0 unspecified atom stereocenters. The van der Waals surface area contributed by atoms with Crippen molar-refractivity contribution in [3.63, 3.8) is 0 Å². The first-order valence-corrected chi connectivity index (χ1v) is 6.82. The van der Waals surface area contributed by atoms with Gasteiger partial charge in [-0.1, -0.05) is 37.3 Å². The number of anilines is 2. The largest absolute Gasteiger partial charge is 0.279 e. The fourth-order valence-corrected chi connectivity index (χ4v) is 2.03. The van der Waals surface area contributed by atoms with E-state index in [4.69, 9.17) is 0 Å². The Labute approximate surface area is 124 Å². The topological polar surface area (TPSA) is 51.5 Å². The molecule has 0 aliphatic carbocycles. The summed E-state index contributed by atoms with van der Waals surface area (Å²) in [5.74, 6) is -0.341. The molecule has 2 aromatic rings. The van der Waals surface area contributed by atoms with E-state index < -0.39 is 0 Å². The molecule has 0 fully saturated rings. The van der Waals surface area contributed by atoms with Crippen LogP contribution in [0.4, 0.5) is 17.1 Å². The van der Waals surface area contributed by atoms with Crippen molar-refractivity contribution in [1.29, 1.82) is 0 Å². The van der Waals surface area contributed by atoms with Crippen molar-refractivity contribution >= 4 is 28.9 Å². The number of carbonyl (C=O) groups is 2. The molecule has 2 aromatic carbocycles. The van der Waals surface area contributed by atoms with E-state index in [1.54, 1.807) is 30.0 Å². The Morgan fingerprint density at radius 1 is 1.00 bits per heavy atom. The molecule has 107 valence electrons. The maximum Gasteiger partial charge on any atom is 0.246 e. The van der Waals surface area contributed by atoms with E-state index in [2.05, 4.69) is 5.32 Å². The number of hydrogen-bond donors (Lipinski definition) is 0. The van der Waals surface area contributed by atoms with Crippen LogP contribution >= 0.6 is 0 Å². The van der Waals surface area contributed by atoms with Gasteiger partial charge in [-0.3, -0.25) is 14.5 Å². The normalized spacial score (nSPS) is 10.0. The van der Waals surface area contributed by atoms with Crippen LogP contribution in [0.2, 0.25) is 0 Å². The molecule has 21 heavy (non-hydrogen) atoms. The molecule has 0 saturated heterocycles. The van der Waals surface area contributed by atoms with Crippen LogP contribution in [0.1, 0.15) is 20.3 Å². The first kappa shape index (κ1) is 14.8. The monoisotopic (exact) mass is 281 g/mol. The molecule has 0 saturated carbocycles. The SMILES string of the molecule is CCC(=O)[N]c1ccccc1N(C(C)=O)c1ccccc1. The van der Waals surface area contributed by atoms with Gasteiger partial charge in [-0.15, -0.1) is 0 Å². The van der Waals surface area contributed by atoms with Gasteiger partial charge >= 0.3 is 0 Å². The van der Waals surface area contributed by atoms with Gasteiger partial charge in [0.15, 0.2) is 0 Å². The molecule has 0 aliphatic heterocycles. The van der Waals surface area contributed by atoms with Gasteiger partial charge in [0.1, 0.15) is 0 Å². The maximum atomic E-state index is 12.1. The molecule has 0 aromatic heterocycles. The Balaban J connectivity index is 2.47. The zero-order valence-electron chi connectivity index (χ0n) is 12.1. The van der Waals surface area contributed by atoms with E-state index in [1.807, 2.05) is 36.4 Å². The summed E-state index contributed by atoms with van der Waals surface area (Å²) in [6.45, 7) is 3.25. The minimum absolute atomic E-state index is 0.132. The second kappa shape index (κ2) is 6.70. The molecular formula is C17H17N2O2. The van der Waals surface area contributed by atoms with Crippen LogP contribution in [0.15, 0.2) is 54.6 Å². The average Bonchev–Trinajstić information content (AvgIpc) is 2.50. The van der Waals surface area contributed by atoms with Gasteiger partial charge in [-0.2, -0.15) is 0 Å². The highest BCUT2D eigenvalue weighted by molar-refractivity contribution is 6.02. The van der Waals surface area contributed by atoms with Gasteiger partial charge in [0.25, 0.3) is 0 Å². The molecule has 0 heterocycles. The van der Waals surface area contributed by atoms with Crippen molar-refractivity contribution in [3.8, 4) is 0 Å². The minimum atomic E-state index is -0.209. The smallest absolute Gasteiger partial charge is 0.246 e. The third kappa shape index (κ3) is 3.48. The molecule has 0 spiro atoms. The van der Waals surface area contributed by atoms with Gasteiger partial charge in [0.05, 0.1) is 11.4 Å². The van der Waals surface area contributed by atoms with Crippen molar-refractivity contribution in [2.75, 3.05) is 4.90 Å². The summed E-state index contributed by atoms with van der Waals surface area (Å²) < 4.78 is 0. The van der Waals surface area contributed by atoms with E-state index in [-0.39, 0.29) is 11.8 Å².